The Morgan fingerprint density at radius 1 is 1.29 bits per heavy atom. The first kappa shape index (κ1) is 20.8. The number of hydrogen-bond acceptors (Lipinski definition) is 6. The van der Waals surface area contributed by atoms with Crippen molar-refractivity contribution < 1.29 is 32.7 Å². The van der Waals surface area contributed by atoms with E-state index in [9.17, 15) is 19.2 Å². The first-order valence-electron chi connectivity index (χ1n) is 10.0. The molecule has 0 radical (unpaired) electrons. The summed E-state index contributed by atoms with van der Waals surface area (Å²) >= 11 is 0. The summed E-state index contributed by atoms with van der Waals surface area (Å²) in [6, 6.07) is 5.75. The van der Waals surface area contributed by atoms with Crippen molar-refractivity contribution in [1.82, 2.24) is 5.32 Å². The molecule has 31 heavy (non-hydrogen) atoms. The maximum atomic E-state index is 15.1. The van der Waals surface area contributed by atoms with Crippen LogP contribution in [0.3, 0.4) is 0 Å². The maximum Gasteiger partial charge on any atom is 0.414 e. The highest BCUT2D eigenvalue weighted by Gasteiger charge is 2.37. The molecule has 0 bridgehead atoms. The molecular weight excluding hydrogens is 407 g/mol. The summed E-state index contributed by atoms with van der Waals surface area (Å²) in [6.45, 7) is 1.65. The monoisotopic (exact) mass is 428 g/mol. The van der Waals surface area contributed by atoms with Crippen molar-refractivity contribution in [2.75, 3.05) is 18.0 Å². The summed E-state index contributed by atoms with van der Waals surface area (Å²) in [6.07, 6.45) is 1.33. The number of amides is 2. The number of anilines is 1. The normalized spacial score (nSPS) is 20.8. The van der Waals surface area contributed by atoms with Gasteiger partial charge in [-0.15, -0.1) is 0 Å². The van der Waals surface area contributed by atoms with Gasteiger partial charge in [0.05, 0.1) is 36.5 Å². The van der Waals surface area contributed by atoms with Gasteiger partial charge in [0.25, 0.3) is 0 Å². The lowest BCUT2D eigenvalue weighted by Crippen LogP contribution is -2.33. The van der Waals surface area contributed by atoms with Crippen molar-refractivity contribution in [1.29, 1.82) is 0 Å². The standard InChI is InChI=1S/C22H21FN2O6/c1-12(26)24-10-15-11-25(22(29)31-15)14-8-13-4-2-5-16(20(27)18-6-3-7-30-18)21(28)19(13)17(23)9-14/h3,6-9,15-16H,2,4-5,10-11H2,1H3,(H,24,26)/t15-,16-/m0/s1. The number of Topliss-reactive ketones (excluding diaryl/α,β-unsaturated/α-hetero) is 2. The number of rotatable bonds is 5. The van der Waals surface area contributed by atoms with E-state index in [4.69, 9.17) is 9.15 Å². The summed E-state index contributed by atoms with van der Waals surface area (Å²) in [5.41, 5.74) is 0.608. The fourth-order valence-corrected chi connectivity index (χ4v) is 4.02. The fourth-order valence-electron chi connectivity index (χ4n) is 4.02. The fraction of sp³-hybridized carbons (Fsp3) is 0.364. The second-order valence-electron chi connectivity index (χ2n) is 7.67. The van der Waals surface area contributed by atoms with Crippen LogP contribution in [0.2, 0.25) is 0 Å². The zero-order valence-electron chi connectivity index (χ0n) is 16.9. The van der Waals surface area contributed by atoms with Crippen molar-refractivity contribution in [2.24, 2.45) is 5.92 Å². The molecular formula is C22H21FN2O6. The molecule has 162 valence electrons. The van der Waals surface area contributed by atoms with E-state index in [0.29, 0.717) is 18.4 Å². The Morgan fingerprint density at radius 2 is 2.10 bits per heavy atom. The Morgan fingerprint density at radius 3 is 2.81 bits per heavy atom. The van der Waals surface area contributed by atoms with Gasteiger partial charge < -0.3 is 14.5 Å². The van der Waals surface area contributed by atoms with E-state index in [1.54, 1.807) is 12.1 Å². The average Bonchev–Trinajstić information content (AvgIpc) is 3.35. The molecule has 1 N–H and O–H groups in total. The minimum atomic E-state index is -1.01. The molecule has 0 unspecified atom stereocenters. The molecule has 2 atom stereocenters. The van der Waals surface area contributed by atoms with Gasteiger partial charge in [-0.25, -0.2) is 9.18 Å². The third-order valence-electron chi connectivity index (χ3n) is 5.50. The summed E-state index contributed by atoms with van der Waals surface area (Å²) in [4.78, 5) is 50.3. The first-order chi connectivity index (χ1) is 14.8. The Balaban J connectivity index is 1.59. The van der Waals surface area contributed by atoms with E-state index >= 15 is 4.39 Å². The van der Waals surface area contributed by atoms with E-state index < -0.39 is 35.5 Å². The van der Waals surface area contributed by atoms with Crippen LogP contribution in [-0.2, 0) is 16.0 Å². The van der Waals surface area contributed by atoms with Crippen LogP contribution >= 0.6 is 0 Å². The number of hydrogen-bond donors (Lipinski definition) is 1. The number of cyclic esters (lactones) is 1. The number of carbonyl (C=O) groups is 4. The van der Waals surface area contributed by atoms with E-state index in [1.165, 1.54) is 24.2 Å². The molecule has 2 aliphatic rings. The van der Waals surface area contributed by atoms with Crippen molar-refractivity contribution in [3.05, 3.63) is 53.2 Å². The van der Waals surface area contributed by atoms with Crippen molar-refractivity contribution in [2.45, 2.75) is 32.3 Å². The second kappa shape index (κ2) is 8.33. The van der Waals surface area contributed by atoms with E-state index in [1.807, 2.05) is 0 Å². The minimum Gasteiger partial charge on any atom is -0.461 e. The van der Waals surface area contributed by atoms with Crippen LogP contribution in [0.1, 0.15) is 46.2 Å². The number of fused-ring (bicyclic) bond motifs is 1. The number of carbonyl (C=O) groups excluding carboxylic acids is 4. The molecule has 1 aromatic carbocycles. The largest absolute Gasteiger partial charge is 0.461 e. The van der Waals surface area contributed by atoms with Gasteiger partial charge in [0.1, 0.15) is 11.9 Å². The topological polar surface area (TPSA) is 106 Å². The predicted molar refractivity (Wildman–Crippen MR) is 106 cm³/mol. The molecule has 0 saturated carbocycles. The Kier molecular flexibility index (Phi) is 5.58. The minimum absolute atomic E-state index is 0.0730. The molecule has 8 nitrogen and oxygen atoms in total. The molecule has 1 fully saturated rings. The molecule has 2 aromatic rings. The van der Waals surface area contributed by atoms with Gasteiger partial charge in [-0.3, -0.25) is 19.3 Å². The summed E-state index contributed by atoms with van der Waals surface area (Å²) < 4.78 is 25.4. The van der Waals surface area contributed by atoms with Crippen LogP contribution in [0, 0.1) is 11.7 Å². The second-order valence-corrected chi connectivity index (χ2v) is 7.67. The number of ketones is 2. The van der Waals surface area contributed by atoms with Crippen molar-refractivity contribution in [3.8, 4) is 0 Å². The molecule has 1 saturated heterocycles. The maximum absolute atomic E-state index is 15.1. The third kappa shape index (κ3) is 4.08. The molecule has 1 aliphatic heterocycles. The molecule has 9 heteroatoms. The van der Waals surface area contributed by atoms with Crippen LogP contribution in [0.4, 0.5) is 14.9 Å². The summed E-state index contributed by atoms with van der Waals surface area (Å²) in [5.74, 6) is -3.01. The van der Waals surface area contributed by atoms with Gasteiger partial charge in [0, 0.05) is 6.92 Å². The van der Waals surface area contributed by atoms with Crippen LogP contribution < -0.4 is 10.2 Å². The Bertz CT molecular complexity index is 1050. The Labute approximate surface area is 177 Å². The number of nitrogens with one attached hydrogen (secondary N) is 1. The summed E-state index contributed by atoms with van der Waals surface area (Å²) in [7, 11) is 0. The van der Waals surface area contributed by atoms with Gasteiger partial charge in [0.2, 0.25) is 11.7 Å². The van der Waals surface area contributed by atoms with Crippen LogP contribution in [0.25, 0.3) is 0 Å². The van der Waals surface area contributed by atoms with Crippen molar-refractivity contribution >= 4 is 29.3 Å². The quantitative estimate of drug-likeness (QED) is 0.446. The van der Waals surface area contributed by atoms with Gasteiger partial charge in [0.15, 0.2) is 11.5 Å². The highest BCUT2D eigenvalue weighted by atomic mass is 19.1. The smallest absolute Gasteiger partial charge is 0.414 e. The number of halogens is 1. The van der Waals surface area contributed by atoms with E-state index in [0.717, 1.165) is 6.07 Å². The van der Waals surface area contributed by atoms with Gasteiger partial charge >= 0.3 is 6.09 Å². The van der Waals surface area contributed by atoms with E-state index in [-0.39, 0.29) is 42.4 Å². The number of furan rings is 1. The lowest BCUT2D eigenvalue weighted by Gasteiger charge is -2.17. The highest BCUT2D eigenvalue weighted by molar-refractivity contribution is 6.16. The van der Waals surface area contributed by atoms with Gasteiger partial charge in [-0.1, -0.05) is 0 Å². The average molecular weight is 428 g/mol. The molecule has 0 spiro atoms. The molecule has 4 rings (SSSR count). The molecule has 2 amide bonds. The highest BCUT2D eigenvalue weighted by Crippen LogP contribution is 2.33. The van der Waals surface area contributed by atoms with Crippen molar-refractivity contribution in [3.63, 3.8) is 0 Å². The number of aryl methyl sites for hydroxylation is 1. The number of nitrogens with zero attached hydrogens (tertiary/aromatic N) is 1. The predicted octanol–water partition coefficient (Wildman–Crippen LogP) is 2.90. The SMILES string of the molecule is CC(=O)NC[C@H]1CN(c2cc(F)c3c(c2)CCC[C@@H](C(=O)c2ccco2)C3=O)C(=O)O1. The number of benzene rings is 1. The van der Waals surface area contributed by atoms with Crippen LogP contribution in [0.15, 0.2) is 34.9 Å². The Hall–Kier alpha value is -3.49. The molecule has 1 aromatic heterocycles. The van der Waals surface area contributed by atoms with Gasteiger partial charge in [-0.2, -0.15) is 0 Å². The zero-order chi connectivity index (χ0) is 22.1. The molecule has 2 heterocycles. The summed E-state index contributed by atoms with van der Waals surface area (Å²) in [5, 5.41) is 2.58. The van der Waals surface area contributed by atoms with E-state index in [2.05, 4.69) is 5.32 Å². The first-order valence-corrected chi connectivity index (χ1v) is 10.0. The molecule has 1 aliphatic carbocycles. The van der Waals surface area contributed by atoms with Crippen LogP contribution in [-0.4, -0.2) is 42.8 Å². The lowest BCUT2D eigenvalue weighted by molar-refractivity contribution is -0.119. The zero-order valence-corrected chi connectivity index (χ0v) is 16.9. The van der Waals surface area contributed by atoms with Gasteiger partial charge in [-0.05, 0) is 49.1 Å². The number of ether oxygens (including phenoxy) is 1. The van der Waals surface area contributed by atoms with Crippen LogP contribution in [0.5, 0.6) is 0 Å². The lowest BCUT2D eigenvalue weighted by atomic mass is 9.90. The third-order valence-corrected chi connectivity index (χ3v) is 5.50.